The third-order valence-corrected chi connectivity index (χ3v) is 2.92. The van der Waals surface area contributed by atoms with E-state index in [1.165, 1.54) is 6.07 Å². The maximum atomic E-state index is 13.2. The molecule has 0 fully saturated rings. The number of carbonyl (C=O) groups excluding carboxylic acids is 1. The monoisotopic (exact) mass is 304 g/mol. The van der Waals surface area contributed by atoms with Crippen molar-refractivity contribution in [2.24, 2.45) is 0 Å². The summed E-state index contributed by atoms with van der Waals surface area (Å²) >= 11 is 0. The number of rotatable bonds is 6. The van der Waals surface area contributed by atoms with Crippen molar-refractivity contribution in [3.05, 3.63) is 41.5 Å². The first-order chi connectivity index (χ1) is 9.29. The predicted molar refractivity (Wildman–Crippen MR) is 71.2 cm³/mol. The van der Waals surface area contributed by atoms with E-state index in [2.05, 4.69) is 10.0 Å². The van der Waals surface area contributed by atoms with Crippen LogP contribution in [0.2, 0.25) is 0 Å². The Balaban J connectivity index is 2.48. The number of halogens is 2. The van der Waals surface area contributed by atoms with E-state index < -0.39 is 27.6 Å². The van der Waals surface area contributed by atoms with Crippen LogP contribution in [0.15, 0.2) is 24.3 Å². The fourth-order valence-electron chi connectivity index (χ4n) is 1.31. The van der Waals surface area contributed by atoms with Crippen molar-refractivity contribution in [1.29, 1.82) is 0 Å². The number of hydrogen-bond donors (Lipinski definition) is 2. The van der Waals surface area contributed by atoms with Crippen molar-refractivity contribution in [2.75, 3.05) is 19.3 Å². The van der Waals surface area contributed by atoms with Gasteiger partial charge in [0.05, 0.1) is 6.26 Å². The third-order valence-electron chi connectivity index (χ3n) is 2.19. The Kier molecular flexibility index (Phi) is 5.78. The van der Waals surface area contributed by atoms with Gasteiger partial charge in [0.2, 0.25) is 15.9 Å². The molecule has 0 saturated heterocycles. The van der Waals surface area contributed by atoms with Crippen molar-refractivity contribution in [1.82, 2.24) is 10.0 Å². The lowest BCUT2D eigenvalue weighted by atomic mass is 10.2. The maximum absolute atomic E-state index is 13.2. The van der Waals surface area contributed by atoms with Crippen LogP contribution in [-0.2, 0) is 14.8 Å². The van der Waals surface area contributed by atoms with Crippen LogP contribution in [0, 0.1) is 11.6 Å². The van der Waals surface area contributed by atoms with Gasteiger partial charge in [-0.2, -0.15) is 0 Å². The molecule has 0 saturated carbocycles. The zero-order valence-electron chi connectivity index (χ0n) is 10.7. The minimum Gasteiger partial charge on any atom is -0.351 e. The molecule has 0 radical (unpaired) electrons. The van der Waals surface area contributed by atoms with Crippen LogP contribution in [0.5, 0.6) is 0 Å². The van der Waals surface area contributed by atoms with E-state index in [9.17, 15) is 22.0 Å². The van der Waals surface area contributed by atoms with Gasteiger partial charge in [-0.3, -0.25) is 4.79 Å². The molecule has 0 aromatic heterocycles. The van der Waals surface area contributed by atoms with Gasteiger partial charge in [0.15, 0.2) is 0 Å². The zero-order chi connectivity index (χ0) is 15.2. The quantitative estimate of drug-likeness (QED) is 0.598. The Labute approximate surface area is 115 Å². The molecular weight excluding hydrogens is 290 g/mol. The lowest BCUT2D eigenvalue weighted by molar-refractivity contribution is -0.116. The summed E-state index contributed by atoms with van der Waals surface area (Å²) in [6.45, 7) is 0.0997. The summed E-state index contributed by atoms with van der Waals surface area (Å²) in [5, 5.41) is 2.37. The van der Waals surface area contributed by atoms with Crippen LogP contribution in [0.1, 0.15) is 5.56 Å². The van der Waals surface area contributed by atoms with Crippen LogP contribution in [-0.4, -0.2) is 33.7 Å². The SMILES string of the molecule is CS(=O)(=O)NCCNC(=O)C=Cc1c(F)cccc1F. The Morgan fingerprint density at radius 2 is 1.85 bits per heavy atom. The topological polar surface area (TPSA) is 75.3 Å². The van der Waals surface area contributed by atoms with Gasteiger partial charge in [-0.15, -0.1) is 0 Å². The molecule has 20 heavy (non-hydrogen) atoms. The number of sulfonamides is 1. The molecule has 0 bridgehead atoms. The van der Waals surface area contributed by atoms with Crippen molar-refractivity contribution in [3.8, 4) is 0 Å². The van der Waals surface area contributed by atoms with Gasteiger partial charge in [-0.25, -0.2) is 21.9 Å². The van der Waals surface area contributed by atoms with Gasteiger partial charge >= 0.3 is 0 Å². The maximum Gasteiger partial charge on any atom is 0.244 e. The van der Waals surface area contributed by atoms with E-state index in [0.717, 1.165) is 30.5 Å². The minimum atomic E-state index is -3.31. The first kappa shape index (κ1) is 16.3. The second-order valence-electron chi connectivity index (χ2n) is 3.93. The number of hydrogen-bond acceptors (Lipinski definition) is 3. The number of benzene rings is 1. The van der Waals surface area contributed by atoms with E-state index >= 15 is 0 Å². The molecule has 1 aromatic rings. The lowest BCUT2D eigenvalue weighted by Crippen LogP contribution is -2.33. The summed E-state index contributed by atoms with van der Waals surface area (Å²) in [7, 11) is -3.31. The molecule has 0 unspecified atom stereocenters. The minimum absolute atomic E-state index is 0.0342. The van der Waals surface area contributed by atoms with Crippen LogP contribution in [0.4, 0.5) is 8.78 Å². The number of carbonyl (C=O) groups is 1. The van der Waals surface area contributed by atoms with Crippen LogP contribution >= 0.6 is 0 Å². The molecule has 0 aliphatic carbocycles. The molecule has 0 atom stereocenters. The summed E-state index contributed by atoms with van der Waals surface area (Å²) in [5.41, 5.74) is -0.308. The number of nitrogens with one attached hydrogen (secondary N) is 2. The van der Waals surface area contributed by atoms with Gasteiger partial charge in [0.1, 0.15) is 11.6 Å². The molecule has 2 N–H and O–H groups in total. The van der Waals surface area contributed by atoms with Crippen molar-refractivity contribution in [2.45, 2.75) is 0 Å². The largest absolute Gasteiger partial charge is 0.351 e. The van der Waals surface area contributed by atoms with E-state index in [1.807, 2.05) is 0 Å². The molecule has 0 aliphatic rings. The normalized spacial score (nSPS) is 11.8. The first-order valence-corrected chi connectivity index (χ1v) is 7.53. The standard InChI is InChI=1S/C12H14F2N2O3S/c1-20(18,19)16-8-7-15-12(17)6-5-9-10(13)3-2-4-11(9)14/h2-6,16H,7-8H2,1H3,(H,15,17). The van der Waals surface area contributed by atoms with E-state index in [4.69, 9.17) is 0 Å². The highest BCUT2D eigenvalue weighted by atomic mass is 32.2. The Morgan fingerprint density at radius 3 is 2.40 bits per heavy atom. The second kappa shape index (κ2) is 7.11. The van der Waals surface area contributed by atoms with Gasteiger partial charge in [0.25, 0.3) is 0 Å². The Hall–Kier alpha value is -1.80. The summed E-state index contributed by atoms with van der Waals surface area (Å²) < 4.78 is 50.1. The fourth-order valence-corrected chi connectivity index (χ4v) is 1.78. The van der Waals surface area contributed by atoms with Crippen LogP contribution < -0.4 is 10.0 Å². The van der Waals surface area contributed by atoms with E-state index in [0.29, 0.717) is 0 Å². The van der Waals surface area contributed by atoms with Gasteiger partial charge in [-0.05, 0) is 18.2 Å². The first-order valence-electron chi connectivity index (χ1n) is 5.64. The molecule has 0 spiro atoms. The molecule has 110 valence electrons. The average Bonchev–Trinajstić information content (AvgIpc) is 2.33. The smallest absolute Gasteiger partial charge is 0.244 e. The third kappa shape index (κ3) is 5.89. The molecule has 8 heteroatoms. The molecule has 0 aliphatic heterocycles. The summed E-state index contributed by atoms with van der Waals surface area (Å²) in [6.07, 6.45) is 2.99. The van der Waals surface area contributed by atoms with Gasteiger partial charge in [0, 0.05) is 24.7 Å². The van der Waals surface area contributed by atoms with E-state index in [-0.39, 0.29) is 18.7 Å². The molecule has 5 nitrogen and oxygen atoms in total. The van der Waals surface area contributed by atoms with Gasteiger partial charge < -0.3 is 5.32 Å². The van der Waals surface area contributed by atoms with Crippen molar-refractivity contribution in [3.63, 3.8) is 0 Å². The predicted octanol–water partition coefficient (Wildman–Crippen LogP) is 0.643. The van der Waals surface area contributed by atoms with E-state index in [1.54, 1.807) is 0 Å². The molecule has 1 aromatic carbocycles. The Bertz CT molecular complexity index is 595. The highest BCUT2D eigenvalue weighted by molar-refractivity contribution is 7.88. The Morgan fingerprint density at radius 1 is 1.25 bits per heavy atom. The molecular formula is C12H14F2N2O3S. The average molecular weight is 304 g/mol. The van der Waals surface area contributed by atoms with Crippen LogP contribution in [0.3, 0.4) is 0 Å². The van der Waals surface area contributed by atoms with Crippen molar-refractivity contribution < 1.29 is 22.0 Å². The van der Waals surface area contributed by atoms with Crippen LogP contribution in [0.25, 0.3) is 6.08 Å². The highest BCUT2D eigenvalue weighted by Gasteiger charge is 2.05. The van der Waals surface area contributed by atoms with Gasteiger partial charge in [-0.1, -0.05) is 6.07 Å². The fraction of sp³-hybridized carbons (Fsp3) is 0.250. The number of amides is 1. The molecule has 1 amide bonds. The highest BCUT2D eigenvalue weighted by Crippen LogP contribution is 2.13. The summed E-state index contributed by atoms with van der Waals surface area (Å²) in [4.78, 5) is 11.3. The summed E-state index contributed by atoms with van der Waals surface area (Å²) in [5.74, 6) is -2.12. The molecule has 1 rings (SSSR count). The zero-order valence-corrected chi connectivity index (χ0v) is 11.5. The summed E-state index contributed by atoms with van der Waals surface area (Å²) in [6, 6.07) is 3.38. The lowest BCUT2D eigenvalue weighted by Gasteiger charge is -2.03. The second-order valence-corrected chi connectivity index (χ2v) is 5.76. The van der Waals surface area contributed by atoms with Crippen molar-refractivity contribution >= 4 is 22.0 Å². The molecule has 0 heterocycles.